The van der Waals surface area contributed by atoms with Gasteiger partial charge in [-0.15, -0.1) is 0 Å². The largest absolute Gasteiger partial charge is 0.365 e. The van der Waals surface area contributed by atoms with E-state index in [1.807, 2.05) is 6.07 Å². The fourth-order valence-electron chi connectivity index (χ4n) is 3.82. The fourth-order valence-corrected chi connectivity index (χ4v) is 3.98. The Balaban J connectivity index is 1.68. The summed E-state index contributed by atoms with van der Waals surface area (Å²) in [4.78, 5) is 16.0. The number of hydrogen-bond donors (Lipinski definition) is 2. The van der Waals surface area contributed by atoms with Crippen LogP contribution in [0.15, 0.2) is 24.7 Å². The van der Waals surface area contributed by atoms with Crippen LogP contribution < -0.4 is 5.32 Å². The van der Waals surface area contributed by atoms with E-state index in [2.05, 4.69) is 32.2 Å². The zero-order valence-corrected chi connectivity index (χ0v) is 15.4. The van der Waals surface area contributed by atoms with E-state index in [4.69, 9.17) is 11.6 Å². The van der Waals surface area contributed by atoms with Gasteiger partial charge in [0.2, 0.25) is 0 Å². The highest BCUT2D eigenvalue weighted by molar-refractivity contribution is 6.31. The number of nitrogens with one attached hydrogen (secondary N) is 2. The summed E-state index contributed by atoms with van der Waals surface area (Å²) in [7, 11) is 0. The summed E-state index contributed by atoms with van der Waals surface area (Å²) >= 11 is 6.06. The predicted octanol–water partition coefficient (Wildman–Crippen LogP) is 5.19. The minimum Gasteiger partial charge on any atom is -0.365 e. The topological polar surface area (TPSA) is 66.5 Å². The number of H-pyrrole nitrogens is 1. The van der Waals surface area contributed by atoms with Gasteiger partial charge >= 0.3 is 0 Å². The van der Waals surface area contributed by atoms with Gasteiger partial charge in [0, 0.05) is 29.4 Å². The number of halogens is 2. The summed E-state index contributed by atoms with van der Waals surface area (Å²) in [6.45, 7) is 2.19. The molecule has 1 aliphatic rings. The number of fused-ring (bicyclic) bond motifs is 1. The lowest BCUT2D eigenvalue weighted by atomic mass is 9.83. The molecule has 136 valence electrons. The molecule has 0 spiro atoms. The Hall–Kier alpha value is -2.21. The van der Waals surface area contributed by atoms with E-state index in [0.29, 0.717) is 22.4 Å². The van der Waals surface area contributed by atoms with Gasteiger partial charge in [-0.25, -0.2) is 19.3 Å². The molecule has 3 heterocycles. The van der Waals surface area contributed by atoms with Crippen LogP contribution in [-0.4, -0.2) is 26.0 Å². The third kappa shape index (κ3) is 3.26. The molecule has 1 aliphatic carbocycles. The monoisotopic (exact) mass is 373 g/mol. The lowest BCUT2D eigenvalue weighted by molar-refractivity contribution is 0.316. The molecule has 0 aliphatic heterocycles. The summed E-state index contributed by atoms with van der Waals surface area (Å²) < 4.78 is 14.3. The average Bonchev–Trinajstić information content (AvgIpc) is 3.07. The highest BCUT2D eigenvalue weighted by atomic mass is 35.5. The van der Waals surface area contributed by atoms with Crippen LogP contribution in [0.4, 0.5) is 10.2 Å². The zero-order chi connectivity index (χ0) is 18.1. The molecule has 2 unspecified atom stereocenters. The second-order valence-corrected chi connectivity index (χ2v) is 7.28. The summed E-state index contributed by atoms with van der Waals surface area (Å²) in [5.74, 6) is 0.848. The van der Waals surface area contributed by atoms with Crippen LogP contribution in [0.25, 0.3) is 22.4 Å². The number of aromatic nitrogens is 4. The summed E-state index contributed by atoms with van der Waals surface area (Å²) in [5.41, 5.74) is 1.46. The Morgan fingerprint density at radius 1 is 1.27 bits per heavy atom. The molecule has 1 fully saturated rings. The Morgan fingerprint density at radius 2 is 2.12 bits per heavy atom. The van der Waals surface area contributed by atoms with Crippen molar-refractivity contribution >= 4 is 28.5 Å². The summed E-state index contributed by atoms with van der Waals surface area (Å²) in [5, 5.41) is 4.69. The highest BCUT2D eigenvalue weighted by Gasteiger charge is 2.25. The Kier molecular flexibility index (Phi) is 4.76. The summed E-state index contributed by atoms with van der Waals surface area (Å²) in [6.07, 6.45) is 10.3. The van der Waals surface area contributed by atoms with E-state index in [1.54, 1.807) is 12.4 Å². The molecule has 1 saturated carbocycles. The minimum atomic E-state index is -0.426. The molecule has 0 amide bonds. The van der Waals surface area contributed by atoms with Gasteiger partial charge in [0.25, 0.3) is 0 Å². The average molecular weight is 374 g/mol. The Bertz CT molecular complexity index is 925. The fraction of sp³-hybridized carbons (Fsp3) is 0.421. The maximum Gasteiger partial charge on any atom is 0.183 e. The number of anilines is 1. The van der Waals surface area contributed by atoms with E-state index < -0.39 is 5.82 Å². The number of nitrogens with zero attached hydrogens (tertiary/aromatic N) is 3. The van der Waals surface area contributed by atoms with Crippen LogP contribution >= 0.6 is 11.6 Å². The van der Waals surface area contributed by atoms with Gasteiger partial charge in [0.1, 0.15) is 5.65 Å². The maximum absolute atomic E-state index is 14.3. The molecule has 3 aromatic heterocycles. The molecule has 0 bridgehead atoms. The number of aromatic amines is 1. The van der Waals surface area contributed by atoms with Crippen molar-refractivity contribution in [3.8, 4) is 11.4 Å². The van der Waals surface area contributed by atoms with Crippen LogP contribution in [0.1, 0.15) is 39.0 Å². The predicted molar refractivity (Wildman–Crippen MR) is 102 cm³/mol. The highest BCUT2D eigenvalue weighted by Crippen LogP contribution is 2.31. The summed E-state index contributed by atoms with van der Waals surface area (Å²) in [6, 6.07) is 2.06. The maximum atomic E-state index is 14.3. The third-order valence-electron chi connectivity index (χ3n) is 5.24. The molecule has 0 aromatic carbocycles. The van der Waals surface area contributed by atoms with Gasteiger partial charge in [-0.3, -0.25) is 0 Å². The van der Waals surface area contributed by atoms with Crippen LogP contribution in [-0.2, 0) is 0 Å². The van der Waals surface area contributed by atoms with Gasteiger partial charge in [-0.1, -0.05) is 37.8 Å². The Labute approximate surface area is 156 Å². The van der Waals surface area contributed by atoms with Crippen LogP contribution in [0.2, 0.25) is 5.02 Å². The van der Waals surface area contributed by atoms with Crippen LogP contribution in [0.5, 0.6) is 0 Å². The third-order valence-corrected chi connectivity index (χ3v) is 5.44. The van der Waals surface area contributed by atoms with Crippen molar-refractivity contribution in [2.24, 2.45) is 5.92 Å². The Morgan fingerprint density at radius 3 is 2.96 bits per heavy atom. The van der Waals surface area contributed by atoms with Gasteiger partial charge < -0.3 is 10.3 Å². The SMILES string of the molecule is CCC1CCCCC1Nc1nc(-c2c[nH]c3ncc(Cl)cc23)ncc1F. The first-order valence-electron chi connectivity index (χ1n) is 9.07. The van der Waals surface area contributed by atoms with Crippen molar-refractivity contribution in [3.63, 3.8) is 0 Å². The first-order valence-corrected chi connectivity index (χ1v) is 9.45. The van der Waals surface area contributed by atoms with E-state index in [0.717, 1.165) is 23.8 Å². The lowest BCUT2D eigenvalue weighted by Gasteiger charge is -2.32. The second-order valence-electron chi connectivity index (χ2n) is 6.85. The minimum absolute atomic E-state index is 0.255. The van der Waals surface area contributed by atoms with Crippen molar-refractivity contribution in [2.45, 2.75) is 45.1 Å². The molecular weight excluding hydrogens is 353 g/mol. The van der Waals surface area contributed by atoms with Crippen molar-refractivity contribution in [1.29, 1.82) is 0 Å². The van der Waals surface area contributed by atoms with Crippen molar-refractivity contribution < 1.29 is 4.39 Å². The quantitative estimate of drug-likeness (QED) is 0.660. The van der Waals surface area contributed by atoms with Crippen molar-refractivity contribution in [2.75, 3.05) is 5.32 Å². The molecule has 4 rings (SSSR count). The molecule has 26 heavy (non-hydrogen) atoms. The van der Waals surface area contributed by atoms with E-state index in [-0.39, 0.29) is 11.9 Å². The smallest absolute Gasteiger partial charge is 0.183 e. The van der Waals surface area contributed by atoms with Gasteiger partial charge in [-0.2, -0.15) is 0 Å². The number of rotatable bonds is 4. The molecule has 0 radical (unpaired) electrons. The first kappa shape index (κ1) is 17.2. The van der Waals surface area contributed by atoms with E-state index in [9.17, 15) is 4.39 Å². The second kappa shape index (κ2) is 7.19. The first-order chi connectivity index (χ1) is 12.7. The molecule has 3 aromatic rings. The molecule has 5 nitrogen and oxygen atoms in total. The number of hydrogen-bond acceptors (Lipinski definition) is 4. The molecule has 2 N–H and O–H groups in total. The molecule has 7 heteroatoms. The van der Waals surface area contributed by atoms with Crippen molar-refractivity contribution in [3.05, 3.63) is 35.5 Å². The van der Waals surface area contributed by atoms with Gasteiger partial charge in [-0.05, 0) is 24.8 Å². The van der Waals surface area contributed by atoms with Gasteiger partial charge in [0.15, 0.2) is 17.5 Å². The molecule has 2 atom stereocenters. The number of pyridine rings is 1. The standard InChI is InChI=1S/C19H21ClFN5/c1-2-11-5-3-4-6-16(11)25-19-15(21)10-24-18(26-19)14-9-23-17-13(14)7-12(20)8-22-17/h7-11,16H,2-6H2,1H3,(H,22,23)(H,24,25,26). The normalized spacial score (nSPS) is 20.4. The lowest BCUT2D eigenvalue weighted by Crippen LogP contribution is -2.32. The zero-order valence-electron chi connectivity index (χ0n) is 14.6. The van der Waals surface area contributed by atoms with Crippen LogP contribution in [0.3, 0.4) is 0 Å². The van der Waals surface area contributed by atoms with E-state index in [1.165, 1.54) is 25.5 Å². The van der Waals surface area contributed by atoms with E-state index >= 15 is 0 Å². The van der Waals surface area contributed by atoms with Gasteiger partial charge in [0.05, 0.1) is 11.2 Å². The van der Waals surface area contributed by atoms with Crippen LogP contribution in [0, 0.1) is 11.7 Å². The molecular formula is C19H21ClFN5. The van der Waals surface area contributed by atoms with Crippen molar-refractivity contribution in [1.82, 2.24) is 19.9 Å². The molecule has 0 saturated heterocycles.